The van der Waals surface area contributed by atoms with E-state index in [-0.39, 0.29) is 17.4 Å². The molecule has 202 valence electrons. The van der Waals surface area contributed by atoms with Crippen molar-refractivity contribution in [3.05, 3.63) is 83.3 Å². The highest BCUT2D eigenvalue weighted by Crippen LogP contribution is 2.26. The zero-order valence-corrected chi connectivity index (χ0v) is 22.2. The molecule has 0 aliphatic carbocycles. The Labute approximate surface area is 227 Å². The maximum absolute atomic E-state index is 14.2. The Hall–Kier alpha value is -3.94. The van der Waals surface area contributed by atoms with E-state index >= 15 is 0 Å². The van der Waals surface area contributed by atoms with Crippen molar-refractivity contribution in [2.45, 2.75) is 58.4 Å². The highest BCUT2D eigenvalue weighted by Gasteiger charge is 2.23. The predicted molar refractivity (Wildman–Crippen MR) is 150 cm³/mol. The number of hydrogen-bond donors (Lipinski definition) is 0. The van der Waals surface area contributed by atoms with E-state index in [4.69, 9.17) is 9.26 Å². The van der Waals surface area contributed by atoms with Gasteiger partial charge in [-0.05, 0) is 61.6 Å². The van der Waals surface area contributed by atoms with Gasteiger partial charge < -0.3 is 9.26 Å². The van der Waals surface area contributed by atoms with Crippen LogP contribution >= 0.6 is 0 Å². The third-order valence-corrected chi connectivity index (χ3v) is 7.10. The van der Waals surface area contributed by atoms with Gasteiger partial charge in [-0.2, -0.15) is 0 Å². The van der Waals surface area contributed by atoms with Crippen LogP contribution in [0.4, 0.5) is 8.78 Å². The summed E-state index contributed by atoms with van der Waals surface area (Å²) in [4.78, 5) is 13.4. The minimum Gasteiger partial charge on any atom is -0.494 e. The van der Waals surface area contributed by atoms with Crippen LogP contribution in [0.1, 0.15) is 57.3 Å². The van der Waals surface area contributed by atoms with E-state index in [0.717, 1.165) is 47.8 Å². The summed E-state index contributed by atoms with van der Waals surface area (Å²) in [5.41, 5.74) is 2.89. The first-order valence-corrected chi connectivity index (χ1v) is 13.5. The number of hydrogen-bond acceptors (Lipinski definition) is 6. The average molecular weight is 531 g/mol. The standard InChI is InChI=1S/C31H32F2N4O2/c1-3-20(2)7-4-5-16-38-23-13-10-21(11-14-23)28-18-24(39-37-28)17-22-12-15-27-29(19-34-22)36-31(35-27)25-8-6-9-26(32)30(25)33/h6,8-11,13-15,18-20,22H,3-5,7,12,16-17H2,1-2H3. The summed E-state index contributed by atoms with van der Waals surface area (Å²) in [6, 6.07) is 13.7. The molecule has 0 spiro atoms. The second kappa shape index (κ2) is 12.3. The van der Waals surface area contributed by atoms with Gasteiger partial charge in [0.2, 0.25) is 0 Å². The summed E-state index contributed by atoms with van der Waals surface area (Å²) >= 11 is 0. The minimum atomic E-state index is -0.955. The first kappa shape index (κ1) is 26.7. The SMILES string of the molecule is CCC(C)CCCCOc1ccc(-c2cc(CC3CC=C4N=C(c5cccc(F)c5F)N=C4C=N3)on2)cc1. The predicted octanol–water partition coefficient (Wildman–Crippen LogP) is 7.39. The van der Waals surface area contributed by atoms with Gasteiger partial charge in [-0.15, -0.1) is 0 Å². The molecule has 0 fully saturated rings. The van der Waals surface area contributed by atoms with Crippen molar-refractivity contribution >= 4 is 17.8 Å². The fourth-order valence-corrected chi connectivity index (χ4v) is 4.52. The Morgan fingerprint density at radius 3 is 2.74 bits per heavy atom. The Kier molecular flexibility index (Phi) is 8.39. The van der Waals surface area contributed by atoms with Crippen molar-refractivity contribution in [1.82, 2.24) is 5.16 Å². The molecule has 1 aromatic heterocycles. The van der Waals surface area contributed by atoms with Crippen LogP contribution in [0.5, 0.6) is 5.75 Å². The van der Waals surface area contributed by atoms with Crippen molar-refractivity contribution in [3.63, 3.8) is 0 Å². The molecule has 0 amide bonds. The van der Waals surface area contributed by atoms with Crippen molar-refractivity contribution in [1.29, 1.82) is 0 Å². The lowest BCUT2D eigenvalue weighted by molar-refractivity contribution is 0.300. The van der Waals surface area contributed by atoms with Crippen LogP contribution in [-0.4, -0.2) is 35.6 Å². The average Bonchev–Trinajstić information content (AvgIpc) is 3.54. The minimum absolute atomic E-state index is 0.0345. The van der Waals surface area contributed by atoms with Gasteiger partial charge in [0.1, 0.15) is 22.9 Å². The summed E-state index contributed by atoms with van der Waals surface area (Å²) in [6.45, 7) is 5.25. The summed E-state index contributed by atoms with van der Waals surface area (Å²) in [6.07, 6.45) is 9.45. The number of ether oxygens (including phenoxy) is 1. The van der Waals surface area contributed by atoms with Crippen LogP contribution in [0.2, 0.25) is 0 Å². The normalized spacial score (nSPS) is 17.2. The van der Waals surface area contributed by atoms with Gasteiger partial charge in [0.15, 0.2) is 17.5 Å². The van der Waals surface area contributed by atoms with Crippen molar-refractivity contribution in [2.75, 3.05) is 6.61 Å². The molecule has 8 heteroatoms. The molecule has 2 aromatic carbocycles. The molecule has 0 bridgehead atoms. The monoisotopic (exact) mass is 530 g/mol. The summed E-state index contributed by atoms with van der Waals surface area (Å²) < 4.78 is 39.3. The zero-order valence-electron chi connectivity index (χ0n) is 22.2. The van der Waals surface area contributed by atoms with Crippen LogP contribution in [0.15, 0.2) is 79.8 Å². The highest BCUT2D eigenvalue weighted by molar-refractivity contribution is 6.43. The molecule has 2 atom stereocenters. The summed E-state index contributed by atoms with van der Waals surface area (Å²) in [7, 11) is 0. The van der Waals surface area contributed by atoms with Crippen LogP contribution < -0.4 is 4.74 Å². The van der Waals surface area contributed by atoms with Crippen LogP contribution in [0.3, 0.4) is 0 Å². The number of benzene rings is 2. The van der Waals surface area contributed by atoms with Crippen LogP contribution in [0, 0.1) is 17.6 Å². The second-order valence-electron chi connectivity index (χ2n) is 10.1. The van der Waals surface area contributed by atoms with E-state index in [2.05, 4.69) is 34.0 Å². The number of rotatable bonds is 11. The Morgan fingerprint density at radius 2 is 1.92 bits per heavy atom. The lowest BCUT2D eigenvalue weighted by Crippen LogP contribution is -2.07. The molecule has 0 saturated heterocycles. The van der Waals surface area contributed by atoms with Gasteiger partial charge in [0.05, 0.1) is 23.9 Å². The topological polar surface area (TPSA) is 72.3 Å². The van der Waals surface area contributed by atoms with Gasteiger partial charge in [-0.3, -0.25) is 4.99 Å². The lowest BCUT2D eigenvalue weighted by Gasteiger charge is -2.09. The summed E-state index contributed by atoms with van der Waals surface area (Å²) in [5.74, 6) is 0.626. The Balaban J connectivity index is 1.15. The van der Waals surface area contributed by atoms with Crippen LogP contribution in [0.25, 0.3) is 11.3 Å². The fraction of sp³-hybridized carbons (Fsp3) is 0.355. The molecule has 0 saturated carbocycles. The number of nitrogens with zero attached hydrogens (tertiary/aromatic N) is 4. The maximum atomic E-state index is 14.2. The molecule has 0 radical (unpaired) electrons. The molecule has 5 rings (SSSR count). The number of amidine groups is 1. The molecule has 3 aromatic rings. The van der Waals surface area contributed by atoms with E-state index in [1.165, 1.54) is 31.4 Å². The lowest BCUT2D eigenvalue weighted by atomic mass is 10.0. The second-order valence-corrected chi connectivity index (χ2v) is 10.1. The number of unbranched alkanes of at least 4 members (excludes halogenated alkanes) is 1. The van der Waals surface area contributed by atoms with Crippen molar-refractivity contribution < 1.29 is 18.0 Å². The third kappa shape index (κ3) is 6.56. The number of halogens is 2. The van der Waals surface area contributed by atoms with Crippen LogP contribution in [-0.2, 0) is 6.42 Å². The molecule has 2 aliphatic rings. The molecular formula is C31H32F2N4O2. The smallest absolute Gasteiger partial charge is 0.169 e. The first-order valence-electron chi connectivity index (χ1n) is 13.5. The van der Waals surface area contributed by atoms with E-state index in [1.807, 2.05) is 36.4 Å². The van der Waals surface area contributed by atoms with Gasteiger partial charge in [0.25, 0.3) is 0 Å². The van der Waals surface area contributed by atoms with Crippen molar-refractivity contribution in [2.24, 2.45) is 20.9 Å². The molecule has 39 heavy (non-hydrogen) atoms. The zero-order chi connectivity index (χ0) is 27.2. The van der Waals surface area contributed by atoms with Gasteiger partial charge >= 0.3 is 0 Å². The van der Waals surface area contributed by atoms with E-state index in [1.54, 1.807) is 6.21 Å². The molecule has 2 aliphatic heterocycles. The molecule has 3 heterocycles. The van der Waals surface area contributed by atoms with Gasteiger partial charge in [0, 0.05) is 24.3 Å². The largest absolute Gasteiger partial charge is 0.494 e. The van der Waals surface area contributed by atoms with Gasteiger partial charge in [-0.25, -0.2) is 18.8 Å². The van der Waals surface area contributed by atoms with Crippen molar-refractivity contribution in [3.8, 4) is 17.0 Å². The maximum Gasteiger partial charge on any atom is 0.169 e. The number of aromatic nitrogens is 1. The molecule has 0 N–H and O–H groups in total. The molecular weight excluding hydrogens is 498 g/mol. The van der Waals surface area contributed by atoms with Gasteiger partial charge in [-0.1, -0.05) is 44.0 Å². The Bertz CT molecular complexity index is 1420. The number of fused-ring (bicyclic) bond motifs is 1. The van der Waals surface area contributed by atoms with E-state index in [0.29, 0.717) is 24.3 Å². The Morgan fingerprint density at radius 1 is 1.08 bits per heavy atom. The van der Waals surface area contributed by atoms with E-state index in [9.17, 15) is 8.78 Å². The van der Waals surface area contributed by atoms with E-state index < -0.39 is 11.6 Å². The fourth-order valence-electron chi connectivity index (χ4n) is 4.52. The number of allylic oxidation sites excluding steroid dienone is 1. The molecule has 2 unspecified atom stereocenters. The summed E-state index contributed by atoms with van der Waals surface area (Å²) in [5, 5.41) is 4.24. The third-order valence-electron chi connectivity index (χ3n) is 7.10. The number of aliphatic imine (C=N–C) groups is 3. The molecule has 6 nitrogen and oxygen atoms in total. The first-order chi connectivity index (χ1) is 19.0. The quantitative estimate of drug-likeness (QED) is 0.243. The highest BCUT2D eigenvalue weighted by atomic mass is 19.2.